The second-order valence-electron chi connectivity index (χ2n) is 7.08. The summed E-state index contributed by atoms with van der Waals surface area (Å²) in [4.78, 5) is 14.5. The quantitative estimate of drug-likeness (QED) is 0.740. The van der Waals surface area contributed by atoms with Crippen molar-refractivity contribution in [3.05, 3.63) is 58.6 Å². The Bertz CT molecular complexity index is 800. The van der Waals surface area contributed by atoms with Gasteiger partial charge in [0.1, 0.15) is 17.6 Å². The minimum Gasteiger partial charge on any atom is -0.490 e. The van der Waals surface area contributed by atoms with Gasteiger partial charge in [-0.05, 0) is 56.2 Å². The maximum absolute atomic E-state index is 12.7. The first-order chi connectivity index (χ1) is 12.9. The number of carbonyl (C=O) groups is 1. The number of para-hydroxylation sites is 1. The van der Waals surface area contributed by atoms with Crippen molar-refractivity contribution in [2.24, 2.45) is 0 Å². The van der Waals surface area contributed by atoms with Crippen molar-refractivity contribution < 1.29 is 14.3 Å². The molecule has 0 saturated carbocycles. The van der Waals surface area contributed by atoms with Crippen molar-refractivity contribution in [2.45, 2.75) is 45.8 Å². The standard InChI is InChI=1S/C22H26ClNO3/c1-15-8-9-19(14-16(15)2)27-18-10-12-24(13-11-18)22(25)17(3)26-21-7-5-4-6-20(21)23/h4-9,14,17-18H,10-13H2,1-3H3. The molecule has 0 radical (unpaired) electrons. The molecule has 1 amide bonds. The van der Waals surface area contributed by atoms with Gasteiger partial charge in [0.25, 0.3) is 5.91 Å². The van der Waals surface area contributed by atoms with Gasteiger partial charge in [-0.15, -0.1) is 0 Å². The maximum atomic E-state index is 12.7. The second-order valence-corrected chi connectivity index (χ2v) is 7.49. The number of benzene rings is 2. The number of ether oxygens (including phenoxy) is 2. The lowest BCUT2D eigenvalue weighted by Gasteiger charge is -2.33. The number of carbonyl (C=O) groups excluding carboxylic acids is 1. The third kappa shape index (κ3) is 4.95. The summed E-state index contributed by atoms with van der Waals surface area (Å²) in [6, 6.07) is 13.4. The van der Waals surface area contributed by atoms with Gasteiger partial charge in [-0.2, -0.15) is 0 Å². The van der Waals surface area contributed by atoms with E-state index < -0.39 is 6.10 Å². The van der Waals surface area contributed by atoms with E-state index >= 15 is 0 Å². The Kier molecular flexibility index (Phi) is 6.27. The Morgan fingerprint density at radius 1 is 1.11 bits per heavy atom. The highest BCUT2D eigenvalue weighted by molar-refractivity contribution is 6.32. The van der Waals surface area contributed by atoms with E-state index in [2.05, 4.69) is 26.0 Å². The molecule has 5 heteroatoms. The van der Waals surface area contributed by atoms with E-state index in [1.54, 1.807) is 19.1 Å². The smallest absolute Gasteiger partial charge is 0.263 e. The van der Waals surface area contributed by atoms with Crippen molar-refractivity contribution in [1.82, 2.24) is 4.90 Å². The third-order valence-electron chi connectivity index (χ3n) is 5.02. The van der Waals surface area contributed by atoms with Gasteiger partial charge in [-0.25, -0.2) is 0 Å². The fraction of sp³-hybridized carbons (Fsp3) is 0.409. The van der Waals surface area contributed by atoms with Gasteiger partial charge < -0.3 is 14.4 Å². The van der Waals surface area contributed by atoms with Crippen molar-refractivity contribution in [3.63, 3.8) is 0 Å². The van der Waals surface area contributed by atoms with Crippen LogP contribution in [0.4, 0.5) is 0 Å². The predicted octanol–water partition coefficient (Wildman–Crippen LogP) is 4.79. The number of nitrogens with zero attached hydrogens (tertiary/aromatic N) is 1. The molecular formula is C22H26ClNO3. The highest BCUT2D eigenvalue weighted by Crippen LogP contribution is 2.25. The van der Waals surface area contributed by atoms with Gasteiger partial charge >= 0.3 is 0 Å². The Hall–Kier alpha value is -2.20. The topological polar surface area (TPSA) is 38.8 Å². The summed E-state index contributed by atoms with van der Waals surface area (Å²) >= 11 is 6.11. The third-order valence-corrected chi connectivity index (χ3v) is 5.34. The van der Waals surface area contributed by atoms with Gasteiger partial charge in [-0.3, -0.25) is 4.79 Å². The molecule has 0 aromatic heterocycles. The summed E-state index contributed by atoms with van der Waals surface area (Å²) in [5.41, 5.74) is 2.49. The van der Waals surface area contributed by atoms with E-state index in [1.807, 2.05) is 23.1 Å². The molecule has 144 valence electrons. The van der Waals surface area contributed by atoms with Gasteiger partial charge in [0, 0.05) is 25.9 Å². The number of piperidine rings is 1. The highest BCUT2D eigenvalue weighted by atomic mass is 35.5. The van der Waals surface area contributed by atoms with Crippen molar-refractivity contribution in [1.29, 1.82) is 0 Å². The Balaban J connectivity index is 1.51. The Morgan fingerprint density at radius 3 is 2.48 bits per heavy atom. The van der Waals surface area contributed by atoms with E-state index in [9.17, 15) is 4.79 Å². The van der Waals surface area contributed by atoms with Crippen LogP contribution in [0, 0.1) is 13.8 Å². The van der Waals surface area contributed by atoms with Crippen LogP contribution in [0.1, 0.15) is 30.9 Å². The summed E-state index contributed by atoms with van der Waals surface area (Å²) in [5, 5.41) is 0.512. The van der Waals surface area contributed by atoms with Gasteiger partial charge in [0.15, 0.2) is 6.10 Å². The zero-order chi connectivity index (χ0) is 19.4. The van der Waals surface area contributed by atoms with Crippen LogP contribution in [0.2, 0.25) is 5.02 Å². The molecule has 2 aromatic rings. The average Bonchev–Trinajstić information content (AvgIpc) is 2.66. The molecule has 4 nitrogen and oxygen atoms in total. The summed E-state index contributed by atoms with van der Waals surface area (Å²) in [6.07, 6.45) is 1.20. The first-order valence-corrected chi connectivity index (χ1v) is 9.75. The maximum Gasteiger partial charge on any atom is 0.263 e. The molecule has 0 spiro atoms. The second kappa shape index (κ2) is 8.66. The van der Waals surface area contributed by atoms with Crippen LogP contribution in [0.3, 0.4) is 0 Å². The molecule has 1 unspecified atom stereocenters. The van der Waals surface area contributed by atoms with Crippen LogP contribution in [-0.4, -0.2) is 36.1 Å². The molecule has 0 bridgehead atoms. The molecule has 1 aliphatic rings. The Labute approximate surface area is 166 Å². The molecule has 1 atom stereocenters. The summed E-state index contributed by atoms with van der Waals surface area (Å²) < 4.78 is 11.9. The van der Waals surface area contributed by atoms with Gasteiger partial charge in [0.2, 0.25) is 0 Å². The van der Waals surface area contributed by atoms with E-state index in [1.165, 1.54) is 11.1 Å². The molecule has 0 aliphatic carbocycles. The number of halogens is 1. The van der Waals surface area contributed by atoms with Crippen molar-refractivity contribution in [2.75, 3.05) is 13.1 Å². The average molecular weight is 388 g/mol. The molecule has 0 N–H and O–H groups in total. The lowest BCUT2D eigenvalue weighted by atomic mass is 10.1. The largest absolute Gasteiger partial charge is 0.490 e. The molecule has 2 aromatic carbocycles. The van der Waals surface area contributed by atoms with E-state index in [-0.39, 0.29) is 12.0 Å². The number of hydrogen-bond donors (Lipinski definition) is 0. The number of hydrogen-bond acceptors (Lipinski definition) is 3. The molecule has 1 heterocycles. The van der Waals surface area contributed by atoms with Gasteiger partial charge in [-0.1, -0.05) is 29.8 Å². The number of likely N-dealkylation sites (tertiary alicyclic amines) is 1. The lowest BCUT2D eigenvalue weighted by molar-refractivity contribution is -0.139. The Morgan fingerprint density at radius 2 is 1.81 bits per heavy atom. The first-order valence-electron chi connectivity index (χ1n) is 9.38. The molecular weight excluding hydrogens is 362 g/mol. The van der Waals surface area contributed by atoms with E-state index in [4.69, 9.17) is 21.1 Å². The van der Waals surface area contributed by atoms with Crippen LogP contribution < -0.4 is 9.47 Å². The van der Waals surface area contributed by atoms with Crippen LogP contribution in [-0.2, 0) is 4.79 Å². The van der Waals surface area contributed by atoms with Crippen LogP contribution >= 0.6 is 11.6 Å². The van der Waals surface area contributed by atoms with Crippen molar-refractivity contribution >= 4 is 17.5 Å². The van der Waals surface area contributed by atoms with E-state index in [0.29, 0.717) is 23.9 Å². The predicted molar refractivity (Wildman–Crippen MR) is 108 cm³/mol. The first kappa shape index (κ1) is 19.6. The van der Waals surface area contributed by atoms with Crippen LogP contribution in [0.25, 0.3) is 0 Å². The zero-order valence-corrected chi connectivity index (χ0v) is 16.8. The fourth-order valence-electron chi connectivity index (χ4n) is 3.21. The molecule has 1 aliphatic heterocycles. The lowest BCUT2D eigenvalue weighted by Crippen LogP contribution is -2.46. The van der Waals surface area contributed by atoms with Crippen LogP contribution in [0.15, 0.2) is 42.5 Å². The summed E-state index contributed by atoms with van der Waals surface area (Å²) in [6.45, 7) is 7.29. The van der Waals surface area contributed by atoms with E-state index in [0.717, 1.165) is 18.6 Å². The highest BCUT2D eigenvalue weighted by Gasteiger charge is 2.28. The molecule has 1 saturated heterocycles. The zero-order valence-electron chi connectivity index (χ0n) is 16.1. The minimum atomic E-state index is -0.567. The van der Waals surface area contributed by atoms with Crippen LogP contribution in [0.5, 0.6) is 11.5 Å². The number of rotatable bonds is 5. The van der Waals surface area contributed by atoms with Crippen molar-refractivity contribution in [3.8, 4) is 11.5 Å². The normalized spacial score (nSPS) is 16.1. The minimum absolute atomic E-state index is 0.0143. The fourth-order valence-corrected chi connectivity index (χ4v) is 3.39. The molecule has 27 heavy (non-hydrogen) atoms. The monoisotopic (exact) mass is 387 g/mol. The summed E-state index contributed by atoms with van der Waals surface area (Å²) in [7, 11) is 0. The SMILES string of the molecule is Cc1ccc(OC2CCN(C(=O)C(C)Oc3ccccc3Cl)CC2)cc1C. The number of aryl methyl sites for hydroxylation is 2. The number of amides is 1. The van der Waals surface area contributed by atoms with Gasteiger partial charge in [0.05, 0.1) is 5.02 Å². The molecule has 3 rings (SSSR count). The summed E-state index contributed by atoms with van der Waals surface area (Å²) in [5.74, 6) is 1.42. The molecule has 1 fully saturated rings.